The minimum Gasteiger partial charge on any atom is -0.454 e. The van der Waals surface area contributed by atoms with Gasteiger partial charge in [0.25, 0.3) is 0 Å². The Morgan fingerprint density at radius 1 is 1.21 bits per heavy atom. The Morgan fingerprint density at radius 3 is 2.88 bits per heavy atom. The van der Waals surface area contributed by atoms with Crippen LogP contribution in [-0.2, 0) is 0 Å². The van der Waals surface area contributed by atoms with Crippen molar-refractivity contribution in [3.8, 4) is 11.5 Å². The van der Waals surface area contributed by atoms with Crippen molar-refractivity contribution in [3.05, 3.63) is 53.1 Å². The van der Waals surface area contributed by atoms with E-state index in [2.05, 4.69) is 10.6 Å². The maximum atomic E-state index is 11.9. The first-order valence-electron chi connectivity index (χ1n) is 7.50. The van der Waals surface area contributed by atoms with E-state index in [-0.39, 0.29) is 12.8 Å². The van der Waals surface area contributed by atoms with Crippen molar-refractivity contribution < 1.29 is 19.4 Å². The van der Waals surface area contributed by atoms with Crippen LogP contribution in [0, 0.1) is 0 Å². The average molecular weight is 349 g/mol. The number of halogens is 1. The largest absolute Gasteiger partial charge is 0.454 e. The molecule has 1 aliphatic rings. The second-order valence-electron chi connectivity index (χ2n) is 5.31. The highest BCUT2D eigenvalue weighted by atomic mass is 35.5. The Hall–Kier alpha value is -2.44. The smallest absolute Gasteiger partial charge is 0.319 e. The van der Waals surface area contributed by atoms with Crippen LogP contribution in [-0.4, -0.2) is 24.5 Å². The first-order valence-corrected chi connectivity index (χ1v) is 7.87. The Bertz CT molecular complexity index is 738. The summed E-state index contributed by atoms with van der Waals surface area (Å²) < 4.78 is 10.5. The molecule has 0 aliphatic carbocycles. The molecule has 0 aromatic heterocycles. The van der Waals surface area contributed by atoms with Crippen molar-refractivity contribution in [1.29, 1.82) is 0 Å². The predicted molar refractivity (Wildman–Crippen MR) is 90.6 cm³/mol. The number of amides is 2. The lowest BCUT2D eigenvalue weighted by molar-refractivity contribution is 0.167. The Morgan fingerprint density at radius 2 is 2.04 bits per heavy atom. The van der Waals surface area contributed by atoms with Gasteiger partial charge in [-0.1, -0.05) is 23.7 Å². The topological polar surface area (TPSA) is 79.8 Å². The molecule has 2 amide bonds. The fourth-order valence-corrected chi connectivity index (χ4v) is 2.55. The quantitative estimate of drug-likeness (QED) is 0.774. The highest BCUT2D eigenvalue weighted by Crippen LogP contribution is 2.34. The lowest BCUT2D eigenvalue weighted by Crippen LogP contribution is -2.30. The molecule has 3 rings (SSSR count). The first kappa shape index (κ1) is 16.4. The van der Waals surface area contributed by atoms with Crippen LogP contribution in [0.25, 0.3) is 0 Å². The van der Waals surface area contributed by atoms with E-state index in [1.807, 2.05) is 0 Å². The van der Waals surface area contributed by atoms with Crippen molar-refractivity contribution >= 4 is 23.3 Å². The molecule has 0 bridgehead atoms. The van der Waals surface area contributed by atoms with Crippen LogP contribution < -0.4 is 20.1 Å². The van der Waals surface area contributed by atoms with Gasteiger partial charge in [-0.15, -0.1) is 0 Å². The number of nitrogens with one attached hydrogen (secondary N) is 2. The van der Waals surface area contributed by atoms with Crippen molar-refractivity contribution in [2.75, 3.05) is 18.7 Å². The number of hydrogen-bond acceptors (Lipinski definition) is 4. The van der Waals surface area contributed by atoms with E-state index < -0.39 is 6.10 Å². The van der Waals surface area contributed by atoms with Gasteiger partial charge in [-0.3, -0.25) is 0 Å². The van der Waals surface area contributed by atoms with Gasteiger partial charge in [-0.05, 0) is 36.2 Å². The second-order valence-corrected chi connectivity index (χ2v) is 5.74. The van der Waals surface area contributed by atoms with E-state index in [4.69, 9.17) is 21.1 Å². The fraction of sp³-hybridized carbons (Fsp3) is 0.235. The van der Waals surface area contributed by atoms with Gasteiger partial charge < -0.3 is 25.2 Å². The summed E-state index contributed by atoms with van der Waals surface area (Å²) >= 11 is 5.89. The second kappa shape index (κ2) is 7.42. The summed E-state index contributed by atoms with van der Waals surface area (Å²) in [4.78, 5) is 11.9. The third-order valence-electron chi connectivity index (χ3n) is 3.57. The number of ether oxygens (including phenoxy) is 2. The molecular formula is C17H17ClN2O4. The van der Waals surface area contributed by atoms with Crippen LogP contribution in [0.1, 0.15) is 18.1 Å². The lowest BCUT2D eigenvalue weighted by Gasteiger charge is -2.12. The Kier molecular flexibility index (Phi) is 5.08. The molecule has 3 N–H and O–H groups in total. The normalized spacial score (nSPS) is 13.4. The van der Waals surface area contributed by atoms with Crippen molar-refractivity contribution in [2.45, 2.75) is 12.5 Å². The number of aliphatic hydroxyl groups is 1. The number of fused-ring (bicyclic) bond motifs is 1. The molecule has 1 heterocycles. The van der Waals surface area contributed by atoms with Gasteiger partial charge in [0.05, 0.1) is 6.10 Å². The first-order chi connectivity index (χ1) is 11.6. The molecule has 0 spiro atoms. The van der Waals surface area contributed by atoms with Crippen LogP contribution >= 0.6 is 11.6 Å². The fourth-order valence-electron chi connectivity index (χ4n) is 2.35. The van der Waals surface area contributed by atoms with Crippen LogP contribution in [0.15, 0.2) is 42.5 Å². The minimum absolute atomic E-state index is 0.187. The standard InChI is InChI=1S/C17H17ClN2O4/c18-12-3-1-2-11(8-12)14(21)6-7-19-17(22)20-13-4-5-15-16(9-13)24-10-23-15/h1-5,8-9,14,21H,6-7,10H2,(H2,19,20,22)/t14-/m0/s1. The number of benzene rings is 2. The Labute approximate surface area is 144 Å². The SMILES string of the molecule is O=C(NCC[C@H](O)c1cccc(Cl)c1)Nc1ccc2c(c1)OCO2. The summed E-state index contributed by atoms with van der Waals surface area (Å²) in [5.74, 6) is 1.26. The van der Waals surface area contributed by atoms with Gasteiger partial charge in [-0.2, -0.15) is 0 Å². The zero-order valence-corrected chi connectivity index (χ0v) is 13.5. The van der Waals surface area contributed by atoms with Gasteiger partial charge in [0.2, 0.25) is 6.79 Å². The zero-order valence-electron chi connectivity index (χ0n) is 12.8. The summed E-state index contributed by atoms with van der Waals surface area (Å²) in [5, 5.41) is 16.1. The van der Waals surface area contributed by atoms with E-state index in [0.717, 1.165) is 5.56 Å². The molecule has 7 heteroatoms. The molecule has 0 saturated heterocycles. The third kappa shape index (κ3) is 4.10. The van der Waals surface area contributed by atoms with Gasteiger partial charge in [0.1, 0.15) is 0 Å². The van der Waals surface area contributed by atoms with Crippen molar-refractivity contribution in [3.63, 3.8) is 0 Å². The van der Waals surface area contributed by atoms with Gasteiger partial charge >= 0.3 is 6.03 Å². The highest BCUT2D eigenvalue weighted by Gasteiger charge is 2.14. The van der Waals surface area contributed by atoms with Gasteiger partial charge in [0, 0.05) is 23.3 Å². The Balaban J connectivity index is 1.46. The van der Waals surface area contributed by atoms with E-state index in [0.29, 0.717) is 35.2 Å². The number of urea groups is 1. The maximum absolute atomic E-state index is 11.9. The number of carbonyl (C=O) groups is 1. The maximum Gasteiger partial charge on any atom is 0.319 e. The molecule has 6 nitrogen and oxygen atoms in total. The molecule has 1 aliphatic heterocycles. The predicted octanol–water partition coefficient (Wildman–Crippen LogP) is 3.31. The summed E-state index contributed by atoms with van der Waals surface area (Å²) in [6.45, 7) is 0.510. The zero-order chi connectivity index (χ0) is 16.9. The van der Waals surface area contributed by atoms with E-state index in [1.54, 1.807) is 42.5 Å². The molecular weight excluding hydrogens is 332 g/mol. The van der Waals surface area contributed by atoms with E-state index in [9.17, 15) is 9.90 Å². The minimum atomic E-state index is -0.686. The number of carbonyl (C=O) groups excluding carboxylic acids is 1. The van der Waals surface area contributed by atoms with Crippen molar-refractivity contribution in [1.82, 2.24) is 5.32 Å². The van der Waals surface area contributed by atoms with Crippen LogP contribution in [0.2, 0.25) is 5.02 Å². The monoisotopic (exact) mass is 348 g/mol. The highest BCUT2D eigenvalue weighted by molar-refractivity contribution is 6.30. The van der Waals surface area contributed by atoms with Crippen LogP contribution in [0.5, 0.6) is 11.5 Å². The van der Waals surface area contributed by atoms with Gasteiger partial charge in [-0.25, -0.2) is 4.79 Å². The van der Waals surface area contributed by atoms with E-state index in [1.165, 1.54) is 0 Å². The van der Waals surface area contributed by atoms with E-state index >= 15 is 0 Å². The number of rotatable bonds is 5. The molecule has 126 valence electrons. The molecule has 0 unspecified atom stereocenters. The average Bonchev–Trinajstić information content (AvgIpc) is 3.02. The molecule has 0 fully saturated rings. The summed E-state index contributed by atoms with van der Waals surface area (Å²) in [6.07, 6.45) is -0.302. The summed E-state index contributed by atoms with van der Waals surface area (Å²) in [6, 6.07) is 11.8. The molecule has 0 radical (unpaired) electrons. The molecule has 0 saturated carbocycles. The molecule has 2 aromatic carbocycles. The number of anilines is 1. The molecule has 1 atom stereocenters. The van der Waals surface area contributed by atoms with Crippen LogP contribution in [0.4, 0.5) is 10.5 Å². The summed E-state index contributed by atoms with van der Waals surface area (Å²) in [5.41, 5.74) is 1.33. The molecule has 2 aromatic rings. The lowest BCUT2D eigenvalue weighted by atomic mass is 10.1. The number of hydrogen-bond donors (Lipinski definition) is 3. The summed E-state index contributed by atoms with van der Waals surface area (Å²) in [7, 11) is 0. The van der Waals surface area contributed by atoms with Crippen molar-refractivity contribution in [2.24, 2.45) is 0 Å². The molecule has 24 heavy (non-hydrogen) atoms. The number of aliphatic hydroxyl groups excluding tert-OH is 1. The van der Waals surface area contributed by atoms with Crippen LogP contribution in [0.3, 0.4) is 0 Å². The third-order valence-corrected chi connectivity index (χ3v) is 3.80. The van der Waals surface area contributed by atoms with Gasteiger partial charge in [0.15, 0.2) is 11.5 Å².